The van der Waals surface area contributed by atoms with Crippen molar-refractivity contribution in [1.29, 1.82) is 0 Å². The van der Waals surface area contributed by atoms with Gasteiger partial charge < -0.3 is 15.2 Å². The van der Waals surface area contributed by atoms with Gasteiger partial charge >= 0.3 is 0 Å². The second-order valence-corrected chi connectivity index (χ2v) is 9.62. The lowest BCUT2D eigenvalue weighted by atomic mass is 10.1. The molecule has 35 heavy (non-hydrogen) atoms. The first-order valence-electron chi connectivity index (χ1n) is 11.6. The maximum Gasteiger partial charge on any atom is 0.145 e. The van der Waals surface area contributed by atoms with Crippen LogP contribution in [0, 0.1) is 0 Å². The van der Waals surface area contributed by atoms with Crippen LogP contribution in [0.5, 0.6) is 5.75 Å². The van der Waals surface area contributed by atoms with Gasteiger partial charge in [-0.3, -0.25) is 10.00 Å². The zero-order valence-electron chi connectivity index (χ0n) is 19.2. The van der Waals surface area contributed by atoms with Gasteiger partial charge in [0.05, 0.1) is 32.8 Å². The van der Waals surface area contributed by atoms with E-state index in [0.29, 0.717) is 24.5 Å². The van der Waals surface area contributed by atoms with E-state index in [2.05, 4.69) is 36.8 Å². The van der Waals surface area contributed by atoms with Crippen LogP contribution in [0.3, 0.4) is 0 Å². The molecule has 1 aliphatic heterocycles. The summed E-state index contributed by atoms with van der Waals surface area (Å²) < 4.78 is 9.48. The van der Waals surface area contributed by atoms with Crippen LogP contribution in [0.15, 0.2) is 54.6 Å². The Hall–Kier alpha value is -3.60. The summed E-state index contributed by atoms with van der Waals surface area (Å²) in [5.41, 5.74) is 6.49. The summed E-state index contributed by atoms with van der Waals surface area (Å²) in [5.74, 6) is 1.39. The number of nitrogens with zero attached hydrogens (tertiary/aromatic N) is 5. The first-order chi connectivity index (χ1) is 17.1. The van der Waals surface area contributed by atoms with E-state index >= 15 is 0 Å². The van der Waals surface area contributed by atoms with E-state index in [9.17, 15) is 5.11 Å². The van der Waals surface area contributed by atoms with Crippen LogP contribution in [-0.4, -0.2) is 48.7 Å². The molecule has 2 aromatic carbocycles. The Morgan fingerprint density at radius 3 is 2.91 bits per heavy atom. The Balaban J connectivity index is 1.44. The highest BCUT2D eigenvalue weighted by Gasteiger charge is 2.21. The summed E-state index contributed by atoms with van der Waals surface area (Å²) >= 11 is 1.60. The Morgan fingerprint density at radius 2 is 2.03 bits per heavy atom. The molecule has 178 valence electrons. The minimum absolute atomic E-state index is 0.0337. The molecule has 10 heteroatoms. The highest BCUT2D eigenvalue weighted by atomic mass is 32.1. The van der Waals surface area contributed by atoms with Gasteiger partial charge in [-0.25, -0.2) is 15.0 Å². The lowest BCUT2D eigenvalue weighted by Crippen LogP contribution is -2.27. The summed E-state index contributed by atoms with van der Waals surface area (Å²) in [5, 5.41) is 21.7. The Kier molecular flexibility index (Phi) is 5.77. The first kappa shape index (κ1) is 21.9. The Labute approximate surface area is 205 Å². The molecule has 9 nitrogen and oxygen atoms in total. The molecule has 4 heterocycles. The van der Waals surface area contributed by atoms with Crippen LogP contribution >= 0.6 is 11.3 Å². The summed E-state index contributed by atoms with van der Waals surface area (Å²) in [4.78, 5) is 13.5. The first-order valence-corrected chi connectivity index (χ1v) is 12.5. The molecule has 3 N–H and O–H groups in total. The van der Waals surface area contributed by atoms with E-state index in [4.69, 9.17) is 4.74 Å². The number of ether oxygens (including phenoxy) is 1. The molecule has 0 spiro atoms. The number of rotatable bonds is 5. The van der Waals surface area contributed by atoms with Crippen molar-refractivity contribution in [3.05, 3.63) is 54.6 Å². The number of thiazole rings is 1. The van der Waals surface area contributed by atoms with E-state index in [1.165, 1.54) is 0 Å². The molecule has 3 aromatic heterocycles. The maximum atomic E-state index is 10.00. The van der Waals surface area contributed by atoms with Crippen molar-refractivity contribution in [3.8, 4) is 16.9 Å². The van der Waals surface area contributed by atoms with Crippen LogP contribution in [0.25, 0.3) is 32.2 Å². The summed E-state index contributed by atoms with van der Waals surface area (Å²) in [6, 6.07) is 10.1. The number of aromatic nitrogens is 5. The van der Waals surface area contributed by atoms with E-state index < -0.39 is 6.23 Å². The van der Waals surface area contributed by atoms with Gasteiger partial charge in [-0.1, -0.05) is 0 Å². The zero-order valence-corrected chi connectivity index (χ0v) is 20.0. The highest BCUT2D eigenvalue weighted by molar-refractivity contribution is 7.16. The van der Waals surface area contributed by atoms with Crippen LogP contribution in [0.2, 0.25) is 0 Å². The third kappa shape index (κ3) is 4.55. The molecular weight excluding hydrogens is 462 g/mol. The van der Waals surface area contributed by atoms with Crippen LogP contribution in [-0.2, 0) is 7.05 Å². The van der Waals surface area contributed by atoms with Crippen molar-refractivity contribution < 1.29 is 9.84 Å². The van der Waals surface area contributed by atoms with Crippen LogP contribution in [0.4, 0.5) is 11.5 Å². The van der Waals surface area contributed by atoms with Crippen molar-refractivity contribution in [1.82, 2.24) is 30.0 Å². The minimum Gasteiger partial charge on any atom is -0.490 e. The predicted octanol–water partition coefficient (Wildman–Crippen LogP) is 4.22. The molecule has 1 aliphatic rings. The summed E-state index contributed by atoms with van der Waals surface area (Å²) in [6.07, 6.45) is 7.04. The van der Waals surface area contributed by atoms with Gasteiger partial charge in [0.2, 0.25) is 0 Å². The minimum atomic E-state index is -0.496. The molecule has 2 atom stereocenters. The van der Waals surface area contributed by atoms with E-state index in [1.54, 1.807) is 22.3 Å². The van der Waals surface area contributed by atoms with Crippen molar-refractivity contribution in [3.63, 3.8) is 0 Å². The summed E-state index contributed by atoms with van der Waals surface area (Å²) in [6.45, 7) is 0.697. The molecule has 0 saturated carbocycles. The number of aryl methyl sites for hydroxylation is 1. The van der Waals surface area contributed by atoms with E-state index in [-0.39, 0.29) is 6.10 Å². The second-order valence-electron chi connectivity index (χ2n) is 8.73. The SMILES string of the molecule is Cn1cc(-c2cc(O[C@@H]3CCN[C@H](O)CC3)c3c(Nc4ccc5ncsc5c4)ncnc3c2)cn1. The van der Waals surface area contributed by atoms with Crippen molar-refractivity contribution in [2.24, 2.45) is 7.05 Å². The highest BCUT2D eigenvalue weighted by Crippen LogP contribution is 2.37. The smallest absolute Gasteiger partial charge is 0.145 e. The van der Waals surface area contributed by atoms with Gasteiger partial charge in [-0.15, -0.1) is 11.3 Å². The monoisotopic (exact) mass is 487 g/mol. The number of aliphatic hydroxyl groups excluding tert-OH is 1. The second kappa shape index (κ2) is 9.21. The van der Waals surface area contributed by atoms with Gasteiger partial charge in [-0.05, 0) is 55.2 Å². The number of nitrogens with one attached hydrogen (secondary N) is 2. The number of fused-ring (bicyclic) bond motifs is 2. The van der Waals surface area contributed by atoms with Gasteiger partial charge in [0.15, 0.2) is 0 Å². The zero-order chi connectivity index (χ0) is 23.8. The lowest BCUT2D eigenvalue weighted by Gasteiger charge is -2.20. The fourth-order valence-corrected chi connectivity index (χ4v) is 5.16. The molecule has 0 bridgehead atoms. The number of hydrogen-bond donors (Lipinski definition) is 3. The Morgan fingerprint density at radius 1 is 1.09 bits per heavy atom. The number of anilines is 2. The lowest BCUT2D eigenvalue weighted by molar-refractivity contribution is 0.126. The normalized spacial score (nSPS) is 18.6. The maximum absolute atomic E-state index is 10.00. The topological polar surface area (TPSA) is 110 Å². The van der Waals surface area contributed by atoms with Gasteiger partial charge in [0.1, 0.15) is 30.2 Å². The van der Waals surface area contributed by atoms with E-state index in [0.717, 1.165) is 50.8 Å². The van der Waals surface area contributed by atoms with E-state index in [1.807, 2.05) is 49.2 Å². The average Bonchev–Trinajstić information content (AvgIpc) is 3.45. The standard InChI is InChI=1S/C25H25N7O2S/c1-32-12-16(11-30-32)15-8-20-24(21(9-15)34-18-3-5-23(33)26-7-6-18)25(28-13-27-20)31-17-2-4-19-22(10-17)35-14-29-19/h2,4,8-14,18,23,26,33H,3,5-7H2,1H3,(H,27,28,31)/t18-,23+/m0/s1. The fourth-order valence-electron chi connectivity index (χ4n) is 4.45. The Bertz CT molecular complexity index is 1500. The van der Waals surface area contributed by atoms with Gasteiger partial charge in [-0.2, -0.15) is 5.10 Å². The third-order valence-electron chi connectivity index (χ3n) is 6.24. The van der Waals surface area contributed by atoms with Gasteiger partial charge in [0.25, 0.3) is 0 Å². The van der Waals surface area contributed by atoms with Crippen LogP contribution in [0.1, 0.15) is 19.3 Å². The molecule has 0 amide bonds. The van der Waals surface area contributed by atoms with Crippen LogP contribution < -0.4 is 15.4 Å². The molecule has 6 rings (SSSR count). The molecule has 1 saturated heterocycles. The third-order valence-corrected chi connectivity index (χ3v) is 7.03. The molecular formula is C25H25N7O2S. The molecule has 5 aromatic rings. The fraction of sp³-hybridized carbons (Fsp3) is 0.280. The summed E-state index contributed by atoms with van der Waals surface area (Å²) in [7, 11) is 1.90. The van der Waals surface area contributed by atoms with Crippen molar-refractivity contribution in [2.45, 2.75) is 31.6 Å². The van der Waals surface area contributed by atoms with Gasteiger partial charge in [0, 0.05) is 31.0 Å². The number of hydrogen-bond acceptors (Lipinski definition) is 9. The molecule has 0 unspecified atom stereocenters. The van der Waals surface area contributed by atoms with Crippen molar-refractivity contribution >= 4 is 44.0 Å². The molecule has 1 fully saturated rings. The number of aliphatic hydroxyl groups is 1. The van der Waals surface area contributed by atoms with Crippen molar-refractivity contribution in [2.75, 3.05) is 11.9 Å². The molecule has 0 aliphatic carbocycles. The average molecular weight is 488 g/mol. The predicted molar refractivity (Wildman–Crippen MR) is 137 cm³/mol. The quantitative estimate of drug-likeness (QED) is 0.338. The number of benzene rings is 2. The molecule has 0 radical (unpaired) electrons. The largest absolute Gasteiger partial charge is 0.490 e.